The fourth-order valence-electron chi connectivity index (χ4n) is 2.43. The maximum Gasteiger partial charge on any atom is 0.279 e. The van der Waals surface area contributed by atoms with Crippen LogP contribution >= 0.6 is 0 Å². The lowest BCUT2D eigenvalue weighted by Gasteiger charge is -2.09. The van der Waals surface area contributed by atoms with Gasteiger partial charge in [0.05, 0.1) is 11.8 Å². The van der Waals surface area contributed by atoms with E-state index in [9.17, 15) is 17.6 Å². The molecule has 7 nitrogen and oxygen atoms in total. The van der Waals surface area contributed by atoms with Gasteiger partial charge in [-0.25, -0.2) is 4.39 Å². The van der Waals surface area contributed by atoms with Gasteiger partial charge in [-0.2, -0.15) is 13.5 Å². The minimum absolute atomic E-state index is 0.133. The molecule has 0 saturated carbocycles. The first-order valence-corrected chi connectivity index (χ1v) is 9.59. The molecule has 0 spiro atoms. The highest BCUT2D eigenvalue weighted by Crippen LogP contribution is 2.19. The van der Waals surface area contributed by atoms with E-state index in [1.165, 1.54) is 12.1 Å². The lowest BCUT2D eigenvalue weighted by atomic mass is 10.1. The van der Waals surface area contributed by atoms with E-state index < -0.39 is 21.7 Å². The number of sulfonamides is 1. The van der Waals surface area contributed by atoms with Crippen LogP contribution in [0.25, 0.3) is 0 Å². The second-order valence-corrected chi connectivity index (χ2v) is 7.35. The number of halogens is 1. The summed E-state index contributed by atoms with van der Waals surface area (Å²) in [6.07, 6.45) is 1.94. The monoisotopic (exact) mass is 388 g/mol. The maximum atomic E-state index is 13.0. The predicted octanol–water partition coefficient (Wildman–Crippen LogP) is 3.16. The molecule has 1 aromatic heterocycles. The van der Waals surface area contributed by atoms with Gasteiger partial charge < -0.3 is 5.32 Å². The van der Waals surface area contributed by atoms with Crippen LogP contribution in [0.5, 0.6) is 0 Å². The average Bonchev–Trinajstić information content (AvgIpc) is 3.15. The second kappa shape index (κ2) is 7.58. The third-order valence-electron chi connectivity index (χ3n) is 3.81. The summed E-state index contributed by atoms with van der Waals surface area (Å²) in [6, 6.07) is 12.1. The molecule has 140 valence electrons. The first kappa shape index (κ1) is 18.6. The third-order valence-corrected chi connectivity index (χ3v) is 5.16. The summed E-state index contributed by atoms with van der Waals surface area (Å²) in [6.45, 7) is 1.99. The van der Waals surface area contributed by atoms with Crippen LogP contribution in [0, 0.1) is 5.82 Å². The molecule has 0 aliphatic carbocycles. The fraction of sp³-hybridized carbons (Fsp3) is 0.111. The molecule has 2 aromatic carbocycles. The zero-order valence-corrected chi connectivity index (χ0v) is 15.2. The van der Waals surface area contributed by atoms with Crippen molar-refractivity contribution in [2.75, 3.05) is 10.0 Å². The number of nitrogens with zero attached hydrogens (tertiary/aromatic N) is 1. The Labute approximate surface area is 155 Å². The molecule has 1 amide bonds. The van der Waals surface area contributed by atoms with Crippen LogP contribution < -0.4 is 10.0 Å². The molecule has 3 rings (SSSR count). The van der Waals surface area contributed by atoms with E-state index in [-0.39, 0.29) is 16.3 Å². The second-order valence-electron chi connectivity index (χ2n) is 5.73. The Balaban J connectivity index is 1.83. The Kier molecular flexibility index (Phi) is 5.22. The fourth-order valence-corrected chi connectivity index (χ4v) is 3.59. The summed E-state index contributed by atoms with van der Waals surface area (Å²) < 4.78 is 40.4. The van der Waals surface area contributed by atoms with Crippen molar-refractivity contribution in [2.24, 2.45) is 0 Å². The largest absolute Gasteiger partial charge is 0.322 e. The van der Waals surface area contributed by atoms with E-state index >= 15 is 0 Å². The molecule has 0 fully saturated rings. The highest BCUT2D eigenvalue weighted by molar-refractivity contribution is 7.92. The molecule has 0 saturated heterocycles. The maximum absolute atomic E-state index is 13.0. The number of amides is 1. The lowest BCUT2D eigenvalue weighted by Crippen LogP contribution is -2.19. The number of nitrogens with one attached hydrogen (secondary N) is 3. The molecule has 1 heterocycles. The van der Waals surface area contributed by atoms with Gasteiger partial charge in [0.15, 0.2) is 5.03 Å². The number of aromatic amines is 1. The first-order valence-electron chi connectivity index (χ1n) is 8.11. The summed E-state index contributed by atoms with van der Waals surface area (Å²) in [5.74, 6) is -1.11. The molecule has 0 aliphatic rings. The summed E-state index contributed by atoms with van der Waals surface area (Å²) in [5, 5.41) is 8.29. The topological polar surface area (TPSA) is 104 Å². The third kappa shape index (κ3) is 4.32. The lowest BCUT2D eigenvalue weighted by molar-refractivity contribution is 0.102. The molecule has 0 bridgehead atoms. The molecular weight excluding hydrogens is 371 g/mol. The van der Waals surface area contributed by atoms with Gasteiger partial charge in [-0.1, -0.05) is 19.1 Å². The Morgan fingerprint density at radius 3 is 2.59 bits per heavy atom. The summed E-state index contributed by atoms with van der Waals surface area (Å²) in [5.41, 5.74) is 1.61. The minimum Gasteiger partial charge on any atom is -0.322 e. The number of aryl methyl sites for hydroxylation is 1. The van der Waals surface area contributed by atoms with E-state index in [0.29, 0.717) is 5.69 Å². The van der Waals surface area contributed by atoms with Crippen molar-refractivity contribution < 1.29 is 17.6 Å². The Hall–Kier alpha value is -3.20. The van der Waals surface area contributed by atoms with Gasteiger partial charge in [0.2, 0.25) is 0 Å². The van der Waals surface area contributed by atoms with Gasteiger partial charge in [0, 0.05) is 11.4 Å². The van der Waals surface area contributed by atoms with Crippen LogP contribution in [-0.2, 0) is 16.4 Å². The van der Waals surface area contributed by atoms with Crippen LogP contribution in [-0.4, -0.2) is 24.5 Å². The quantitative estimate of drug-likeness (QED) is 0.603. The van der Waals surface area contributed by atoms with Crippen molar-refractivity contribution >= 4 is 27.3 Å². The number of benzene rings is 2. The molecule has 3 aromatic rings. The van der Waals surface area contributed by atoms with Crippen LogP contribution in [0.3, 0.4) is 0 Å². The van der Waals surface area contributed by atoms with Crippen LogP contribution in [0.2, 0.25) is 0 Å². The molecule has 0 radical (unpaired) electrons. The van der Waals surface area contributed by atoms with E-state index in [0.717, 1.165) is 30.3 Å². The predicted molar refractivity (Wildman–Crippen MR) is 99.6 cm³/mol. The van der Waals surface area contributed by atoms with Gasteiger partial charge in [-0.3, -0.25) is 14.6 Å². The standard InChI is InChI=1S/C18H17FN4O3S/c1-2-12-4-3-5-15(10-12)21-17(24)16-11-20-22-18(16)27(25,26)23-14-8-6-13(19)7-9-14/h3-11,23H,2H2,1H3,(H,20,22)(H,21,24). The van der Waals surface area contributed by atoms with Crippen LogP contribution in [0.4, 0.5) is 15.8 Å². The number of hydrogen-bond acceptors (Lipinski definition) is 4. The number of H-pyrrole nitrogens is 1. The molecule has 27 heavy (non-hydrogen) atoms. The summed E-state index contributed by atoms with van der Waals surface area (Å²) >= 11 is 0. The average molecular weight is 388 g/mol. The Bertz CT molecular complexity index is 1060. The van der Waals surface area contributed by atoms with Crippen LogP contribution in [0.15, 0.2) is 59.8 Å². The van der Waals surface area contributed by atoms with Gasteiger partial charge in [0.1, 0.15) is 5.82 Å². The smallest absolute Gasteiger partial charge is 0.279 e. The molecule has 0 atom stereocenters. The van der Waals surface area contributed by atoms with Gasteiger partial charge in [-0.15, -0.1) is 0 Å². The van der Waals surface area contributed by atoms with E-state index in [1.54, 1.807) is 12.1 Å². The van der Waals surface area contributed by atoms with E-state index in [2.05, 4.69) is 20.2 Å². The molecular formula is C18H17FN4O3S. The van der Waals surface area contributed by atoms with Gasteiger partial charge in [0.25, 0.3) is 15.9 Å². The zero-order valence-electron chi connectivity index (χ0n) is 14.4. The highest BCUT2D eigenvalue weighted by Gasteiger charge is 2.25. The van der Waals surface area contributed by atoms with Gasteiger partial charge in [-0.05, 0) is 48.4 Å². The van der Waals surface area contributed by atoms with Gasteiger partial charge >= 0.3 is 0 Å². The van der Waals surface area contributed by atoms with Crippen molar-refractivity contribution in [3.05, 3.63) is 71.7 Å². The van der Waals surface area contributed by atoms with Crippen LogP contribution in [0.1, 0.15) is 22.8 Å². The molecule has 0 aliphatic heterocycles. The first-order chi connectivity index (χ1) is 12.9. The highest BCUT2D eigenvalue weighted by atomic mass is 32.2. The van der Waals surface area contributed by atoms with Crippen molar-refractivity contribution in [2.45, 2.75) is 18.4 Å². The Morgan fingerprint density at radius 2 is 1.89 bits per heavy atom. The zero-order chi connectivity index (χ0) is 19.4. The van der Waals surface area contributed by atoms with E-state index in [4.69, 9.17) is 0 Å². The van der Waals surface area contributed by atoms with Crippen molar-refractivity contribution in [3.63, 3.8) is 0 Å². The molecule has 0 unspecified atom stereocenters. The molecule has 9 heteroatoms. The van der Waals surface area contributed by atoms with Crippen molar-refractivity contribution in [3.8, 4) is 0 Å². The number of carbonyl (C=O) groups excluding carboxylic acids is 1. The van der Waals surface area contributed by atoms with E-state index in [1.807, 2.05) is 19.1 Å². The number of aromatic nitrogens is 2. The minimum atomic E-state index is -4.11. The normalized spacial score (nSPS) is 11.2. The summed E-state index contributed by atoms with van der Waals surface area (Å²) in [7, 11) is -4.11. The Morgan fingerprint density at radius 1 is 1.15 bits per heavy atom. The number of carbonyl (C=O) groups is 1. The summed E-state index contributed by atoms with van der Waals surface area (Å²) in [4.78, 5) is 12.5. The SMILES string of the molecule is CCc1cccc(NC(=O)c2cn[nH]c2S(=O)(=O)Nc2ccc(F)cc2)c1. The van der Waals surface area contributed by atoms with Crippen molar-refractivity contribution in [1.82, 2.24) is 10.2 Å². The molecule has 3 N–H and O–H groups in total. The number of rotatable bonds is 6. The number of hydrogen-bond donors (Lipinski definition) is 3. The van der Waals surface area contributed by atoms with Crippen molar-refractivity contribution in [1.29, 1.82) is 0 Å². The number of anilines is 2.